The van der Waals surface area contributed by atoms with Gasteiger partial charge in [-0.2, -0.15) is 0 Å². The van der Waals surface area contributed by atoms with E-state index in [1.807, 2.05) is 19.9 Å². The molecule has 0 unspecified atom stereocenters. The first kappa shape index (κ1) is 22.6. The lowest BCUT2D eigenvalue weighted by atomic mass is 10.1. The van der Waals surface area contributed by atoms with Crippen molar-refractivity contribution in [2.75, 3.05) is 15.5 Å². The molecule has 1 heterocycles. The summed E-state index contributed by atoms with van der Waals surface area (Å²) in [5, 5.41) is 6.03. The van der Waals surface area contributed by atoms with E-state index in [-0.39, 0.29) is 16.6 Å². The molecule has 2 N–H and O–H groups in total. The molecular weight excluding hydrogens is 461 g/mol. The van der Waals surface area contributed by atoms with Gasteiger partial charge in [0.2, 0.25) is 0 Å². The molecular formula is C25H19Cl2N3O3. The van der Waals surface area contributed by atoms with Gasteiger partial charge in [-0.1, -0.05) is 35.3 Å². The van der Waals surface area contributed by atoms with Gasteiger partial charge in [-0.15, -0.1) is 0 Å². The number of anilines is 3. The van der Waals surface area contributed by atoms with Gasteiger partial charge >= 0.3 is 0 Å². The number of benzene rings is 3. The minimum atomic E-state index is -0.607. The fraction of sp³-hybridized carbons (Fsp3) is 0.0800. The molecule has 0 aliphatic carbocycles. The monoisotopic (exact) mass is 479 g/mol. The average molecular weight is 480 g/mol. The van der Waals surface area contributed by atoms with Crippen LogP contribution in [0.15, 0.2) is 77.5 Å². The second-order valence-corrected chi connectivity index (χ2v) is 8.38. The molecule has 0 aromatic heterocycles. The van der Waals surface area contributed by atoms with Gasteiger partial charge in [-0.3, -0.25) is 14.4 Å². The lowest BCUT2D eigenvalue weighted by Gasteiger charge is -2.16. The third kappa shape index (κ3) is 4.62. The Kier molecular flexibility index (Phi) is 6.22. The highest BCUT2D eigenvalue weighted by Gasteiger charge is 2.39. The summed E-state index contributed by atoms with van der Waals surface area (Å²) in [6.45, 7) is 3.85. The van der Waals surface area contributed by atoms with Gasteiger partial charge in [0.25, 0.3) is 17.7 Å². The van der Waals surface area contributed by atoms with Gasteiger partial charge in [0.1, 0.15) is 10.7 Å². The number of halogens is 2. The van der Waals surface area contributed by atoms with Crippen molar-refractivity contribution in [3.8, 4) is 0 Å². The van der Waals surface area contributed by atoms with Crippen LogP contribution in [0.2, 0.25) is 5.02 Å². The van der Waals surface area contributed by atoms with E-state index in [4.69, 9.17) is 23.2 Å². The molecule has 6 nitrogen and oxygen atoms in total. The molecule has 8 heteroatoms. The summed E-state index contributed by atoms with van der Waals surface area (Å²) < 4.78 is 0. The van der Waals surface area contributed by atoms with Crippen LogP contribution in [-0.4, -0.2) is 17.7 Å². The maximum Gasteiger partial charge on any atom is 0.283 e. The van der Waals surface area contributed by atoms with Crippen molar-refractivity contribution in [1.29, 1.82) is 0 Å². The summed E-state index contributed by atoms with van der Waals surface area (Å²) in [6.07, 6.45) is 0. The first-order valence-electron chi connectivity index (χ1n) is 10.0. The van der Waals surface area contributed by atoms with Gasteiger partial charge in [0.05, 0.1) is 5.69 Å². The maximum absolute atomic E-state index is 13.0. The third-order valence-electron chi connectivity index (χ3n) is 5.27. The predicted molar refractivity (Wildman–Crippen MR) is 131 cm³/mol. The number of nitrogens with zero attached hydrogens (tertiary/aromatic N) is 1. The summed E-state index contributed by atoms with van der Waals surface area (Å²) in [6, 6.07) is 18.6. The highest BCUT2D eigenvalue weighted by atomic mass is 35.5. The SMILES string of the molecule is Cc1ccc(N2C(=O)C(Cl)=C(Nc3cccc(C(=O)Nc4ccc(Cl)cc4)c3)C2=O)cc1C. The summed E-state index contributed by atoms with van der Waals surface area (Å²) in [5.74, 6) is -1.51. The molecule has 0 atom stereocenters. The highest BCUT2D eigenvalue weighted by molar-refractivity contribution is 6.53. The van der Waals surface area contributed by atoms with Crippen molar-refractivity contribution < 1.29 is 14.4 Å². The number of hydrogen-bond donors (Lipinski definition) is 2. The third-order valence-corrected chi connectivity index (χ3v) is 5.87. The summed E-state index contributed by atoms with van der Waals surface area (Å²) >= 11 is 12.1. The van der Waals surface area contributed by atoms with Crippen molar-refractivity contribution in [3.63, 3.8) is 0 Å². The smallest absolute Gasteiger partial charge is 0.283 e. The highest BCUT2D eigenvalue weighted by Crippen LogP contribution is 2.31. The summed E-state index contributed by atoms with van der Waals surface area (Å²) in [4.78, 5) is 39.4. The number of carbonyl (C=O) groups excluding carboxylic acids is 3. The van der Waals surface area contributed by atoms with Crippen molar-refractivity contribution in [2.24, 2.45) is 0 Å². The van der Waals surface area contributed by atoms with E-state index in [9.17, 15) is 14.4 Å². The number of imide groups is 1. The quantitative estimate of drug-likeness (QED) is 0.463. The van der Waals surface area contributed by atoms with Crippen molar-refractivity contribution in [1.82, 2.24) is 0 Å². The Morgan fingerprint density at radius 1 is 0.818 bits per heavy atom. The van der Waals surface area contributed by atoms with Gasteiger partial charge in [-0.25, -0.2) is 4.90 Å². The lowest BCUT2D eigenvalue weighted by Crippen LogP contribution is -2.32. The van der Waals surface area contributed by atoms with Gasteiger partial charge in [-0.05, 0) is 79.6 Å². The second kappa shape index (κ2) is 9.10. The molecule has 4 rings (SSSR count). The van der Waals surface area contributed by atoms with Gasteiger partial charge < -0.3 is 10.6 Å². The first-order valence-corrected chi connectivity index (χ1v) is 10.8. The number of hydrogen-bond acceptors (Lipinski definition) is 4. The summed E-state index contributed by atoms with van der Waals surface area (Å²) in [7, 11) is 0. The van der Waals surface area contributed by atoms with E-state index < -0.39 is 11.8 Å². The van der Waals surface area contributed by atoms with Crippen LogP contribution >= 0.6 is 23.2 Å². The normalized spacial score (nSPS) is 13.5. The molecule has 0 spiro atoms. The Balaban J connectivity index is 1.54. The average Bonchev–Trinajstić information content (AvgIpc) is 3.00. The second-order valence-electron chi connectivity index (χ2n) is 7.57. The molecule has 166 valence electrons. The van der Waals surface area contributed by atoms with E-state index >= 15 is 0 Å². The van der Waals surface area contributed by atoms with Gasteiger partial charge in [0.15, 0.2) is 0 Å². The van der Waals surface area contributed by atoms with Crippen LogP contribution in [0.4, 0.5) is 17.1 Å². The molecule has 3 aromatic carbocycles. The minimum absolute atomic E-state index is 0.0462. The molecule has 3 aromatic rings. The van der Waals surface area contributed by atoms with Crippen molar-refractivity contribution >= 4 is 58.0 Å². The molecule has 33 heavy (non-hydrogen) atoms. The molecule has 1 aliphatic heterocycles. The van der Waals surface area contributed by atoms with Crippen LogP contribution in [0.25, 0.3) is 0 Å². The molecule has 3 amide bonds. The number of amides is 3. The van der Waals surface area contributed by atoms with Gasteiger partial charge in [0, 0.05) is 22.0 Å². The van der Waals surface area contributed by atoms with E-state index in [1.54, 1.807) is 60.7 Å². The Bertz CT molecular complexity index is 1320. The van der Waals surface area contributed by atoms with Crippen LogP contribution < -0.4 is 15.5 Å². The lowest BCUT2D eigenvalue weighted by molar-refractivity contribution is -0.120. The van der Waals surface area contributed by atoms with E-state index in [0.29, 0.717) is 27.6 Å². The Hall–Kier alpha value is -3.61. The van der Waals surface area contributed by atoms with E-state index in [0.717, 1.165) is 16.0 Å². The summed E-state index contributed by atoms with van der Waals surface area (Å²) in [5.41, 5.74) is 3.78. The Morgan fingerprint density at radius 3 is 2.24 bits per heavy atom. The van der Waals surface area contributed by atoms with Crippen LogP contribution in [-0.2, 0) is 9.59 Å². The van der Waals surface area contributed by atoms with Crippen LogP contribution in [0.1, 0.15) is 21.5 Å². The number of aryl methyl sites for hydroxylation is 2. The molecule has 0 bridgehead atoms. The zero-order valence-electron chi connectivity index (χ0n) is 17.8. The molecule has 0 saturated carbocycles. The molecule has 0 saturated heterocycles. The first-order chi connectivity index (χ1) is 15.7. The molecule has 0 fully saturated rings. The zero-order chi connectivity index (χ0) is 23.7. The van der Waals surface area contributed by atoms with Crippen LogP contribution in [0.5, 0.6) is 0 Å². The predicted octanol–water partition coefficient (Wildman–Crippen LogP) is 5.64. The fourth-order valence-corrected chi connectivity index (χ4v) is 3.67. The molecule has 0 radical (unpaired) electrons. The Morgan fingerprint density at radius 2 is 1.55 bits per heavy atom. The largest absolute Gasteiger partial charge is 0.350 e. The van der Waals surface area contributed by atoms with E-state index in [1.165, 1.54) is 0 Å². The minimum Gasteiger partial charge on any atom is -0.350 e. The van der Waals surface area contributed by atoms with Crippen LogP contribution in [0.3, 0.4) is 0 Å². The number of rotatable bonds is 5. The number of nitrogens with one attached hydrogen (secondary N) is 2. The molecule has 1 aliphatic rings. The fourth-order valence-electron chi connectivity index (χ4n) is 3.33. The van der Waals surface area contributed by atoms with Crippen molar-refractivity contribution in [3.05, 3.63) is 99.2 Å². The van der Waals surface area contributed by atoms with Crippen LogP contribution in [0, 0.1) is 13.8 Å². The zero-order valence-corrected chi connectivity index (χ0v) is 19.3. The Labute approximate surface area is 200 Å². The maximum atomic E-state index is 13.0. The van der Waals surface area contributed by atoms with E-state index in [2.05, 4.69) is 10.6 Å². The van der Waals surface area contributed by atoms with Crippen molar-refractivity contribution in [2.45, 2.75) is 13.8 Å². The topological polar surface area (TPSA) is 78.5 Å². The number of carbonyl (C=O) groups is 3. The standard InChI is InChI=1S/C25H19Cl2N3O3/c1-14-6-11-20(12-15(14)2)30-24(32)21(27)22(25(30)33)28-19-5-3-4-16(13-19)23(31)29-18-9-7-17(26)8-10-18/h3-13,28H,1-2H3,(H,29,31).